The number of hydrogen-bond donors (Lipinski definition) is 1. The molecule has 0 aliphatic carbocycles. The predicted molar refractivity (Wildman–Crippen MR) is 140 cm³/mol. The fourth-order valence-corrected chi connectivity index (χ4v) is 4.77. The Morgan fingerprint density at radius 1 is 1.11 bits per heavy atom. The lowest BCUT2D eigenvalue weighted by Crippen LogP contribution is -2.28. The Bertz CT molecular complexity index is 1490. The predicted octanol–water partition coefficient (Wildman–Crippen LogP) is 6.15. The molecule has 1 saturated heterocycles. The molecule has 1 fully saturated rings. The summed E-state index contributed by atoms with van der Waals surface area (Å²) in [7, 11) is 0. The van der Waals surface area contributed by atoms with Gasteiger partial charge in [-0.1, -0.05) is 30.3 Å². The minimum absolute atomic E-state index is 0.168. The number of para-hydroxylation sites is 1. The minimum Gasteiger partial charge on any atom is -0.478 e. The van der Waals surface area contributed by atoms with Crippen molar-refractivity contribution in [3.05, 3.63) is 113 Å². The quantitative estimate of drug-likeness (QED) is 0.322. The van der Waals surface area contributed by atoms with Gasteiger partial charge in [0, 0.05) is 24.0 Å². The molecule has 1 aliphatic rings. The van der Waals surface area contributed by atoms with Crippen molar-refractivity contribution in [2.24, 2.45) is 4.99 Å². The van der Waals surface area contributed by atoms with Crippen molar-refractivity contribution in [1.82, 2.24) is 9.88 Å². The first kappa shape index (κ1) is 23.3. The van der Waals surface area contributed by atoms with Crippen molar-refractivity contribution in [1.29, 1.82) is 0 Å². The molecule has 0 atom stereocenters. The Kier molecular flexibility index (Phi) is 6.51. The van der Waals surface area contributed by atoms with Gasteiger partial charge in [-0.2, -0.15) is 0 Å². The number of aryl methyl sites for hydroxylation is 1. The third-order valence-corrected chi connectivity index (χ3v) is 6.58. The maximum atomic E-state index is 13.4. The van der Waals surface area contributed by atoms with Crippen molar-refractivity contribution < 1.29 is 19.1 Å². The summed E-state index contributed by atoms with van der Waals surface area (Å²) in [5, 5.41) is 9.78. The molecular formula is C28H21N3O4S. The second-order valence-corrected chi connectivity index (χ2v) is 9.14. The fourth-order valence-electron chi connectivity index (χ4n) is 3.80. The summed E-state index contributed by atoms with van der Waals surface area (Å²) in [6.45, 7) is 2.18. The lowest BCUT2D eigenvalue weighted by atomic mass is 10.0. The number of aromatic carboxylic acids is 1. The molecule has 36 heavy (non-hydrogen) atoms. The number of benzene rings is 2. The standard InChI is InChI=1S/C28H21N3O4S/c1-18-14-20(27(33)34)9-11-23(18)24-12-10-22(35-24)15-25-26(32)31(17-19-6-5-13-29-16-19)28(36-25)30-21-7-3-2-4-8-21/h2-16H,17H2,1H3,(H,33,34)/b25-15-,30-28?. The first-order valence-electron chi connectivity index (χ1n) is 11.2. The van der Waals surface area contributed by atoms with Crippen LogP contribution in [0.15, 0.2) is 99.5 Å². The summed E-state index contributed by atoms with van der Waals surface area (Å²) in [6, 6.07) is 21.7. The van der Waals surface area contributed by atoms with Gasteiger partial charge >= 0.3 is 5.97 Å². The summed E-state index contributed by atoms with van der Waals surface area (Å²) >= 11 is 1.29. The molecule has 178 valence electrons. The van der Waals surface area contributed by atoms with Crippen molar-refractivity contribution >= 4 is 40.6 Å². The molecule has 0 unspecified atom stereocenters. The molecule has 0 saturated carbocycles. The van der Waals surface area contributed by atoms with Gasteiger partial charge in [0.05, 0.1) is 22.7 Å². The van der Waals surface area contributed by atoms with E-state index in [2.05, 4.69) is 4.98 Å². The van der Waals surface area contributed by atoms with Crippen molar-refractivity contribution in [3.8, 4) is 11.3 Å². The zero-order valence-electron chi connectivity index (χ0n) is 19.3. The number of amides is 1. The third kappa shape index (κ3) is 4.99. The number of thioether (sulfide) groups is 1. The molecule has 5 rings (SSSR count). The molecule has 1 amide bonds. The zero-order chi connectivity index (χ0) is 25.1. The number of nitrogens with zero attached hydrogens (tertiary/aromatic N) is 3. The number of amidine groups is 1. The summed E-state index contributed by atoms with van der Waals surface area (Å²) in [4.78, 5) is 35.6. The second kappa shape index (κ2) is 10.1. The number of aliphatic imine (C=N–C) groups is 1. The van der Waals surface area contributed by atoms with Gasteiger partial charge in [0.25, 0.3) is 5.91 Å². The van der Waals surface area contributed by atoms with Crippen LogP contribution < -0.4 is 0 Å². The highest BCUT2D eigenvalue weighted by molar-refractivity contribution is 8.18. The molecule has 2 aromatic heterocycles. The van der Waals surface area contributed by atoms with Crippen LogP contribution in [0.1, 0.15) is 27.2 Å². The van der Waals surface area contributed by atoms with Crippen LogP contribution in [-0.4, -0.2) is 32.0 Å². The largest absolute Gasteiger partial charge is 0.478 e. The van der Waals surface area contributed by atoms with Gasteiger partial charge in [-0.15, -0.1) is 0 Å². The van der Waals surface area contributed by atoms with Crippen molar-refractivity contribution in [2.45, 2.75) is 13.5 Å². The summed E-state index contributed by atoms with van der Waals surface area (Å²) < 4.78 is 6.01. The highest BCUT2D eigenvalue weighted by Gasteiger charge is 2.34. The number of hydrogen-bond acceptors (Lipinski definition) is 6. The van der Waals surface area contributed by atoms with E-state index in [1.165, 1.54) is 11.8 Å². The van der Waals surface area contributed by atoms with E-state index in [1.54, 1.807) is 47.6 Å². The molecule has 1 N–H and O–H groups in total. The normalized spacial score (nSPS) is 15.7. The Morgan fingerprint density at radius 2 is 1.94 bits per heavy atom. The first-order valence-corrected chi connectivity index (χ1v) is 12.0. The minimum atomic E-state index is -0.977. The van der Waals surface area contributed by atoms with Gasteiger partial charge < -0.3 is 9.52 Å². The topological polar surface area (TPSA) is 96.0 Å². The van der Waals surface area contributed by atoms with E-state index in [9.17, 15) is 14.7 Å². The number of carboxylic acids is 1. The number of carbonyl (C=O) groups is 2. The van der Waals surface area contributed by atoms with Gasteiger partial charge in [0.1, 0.15) is 11.5 Å². The smallest absolute Gasteiger partial charge is 0.335 e. The average molecular weight is 496 g/mol. The van der Waals surface area contributed by atoms with Gasteiger partial charge in [0.2, 0.25) is 0 Å². The zero-order valence-corrected chi connectivity index (χ0v) is 20.1. The summed E-state index contributed by atoms with van der Waals surface area (Å²) in [5.74, 6) is -0.0319. The fraction of sp³-hybridized carbons (Fsp3) is 0.0714. The molecule has 1 aliphatic heterocycles. The molecule has 8 heteroatoms. The number of pyridine rings is 1. The number of furan rings is 1. The lowest BCUT2D eigenvalue weighted by molar-refractivity contribution is -0.122. The Morgan fingerprint density at radius 3 is 2.67 bits per heavy atom. The molecule has 3 heterocycles. The number of carboxylic acid groups (broad SMARTS) is 1. The second-order valence-electron chi connectivity index (χ2n) is 8.13. The molecule has 0 spiro atoms. The molecule has 4 aromatic rings. The van der Waals surface area contributed by atoms with Crippen LogP contribution in [0.5, 0.6) is 0 Å². The van der Waals surface area contributed by atoms with E-state index in [4.69, 9.17) is 9.41 Å². The molecular weight excluding hydrogens is 474 g/mol. The first-order chi connectivity index (χ1) is 17.5. The molecule has 2 aromatic carbocycles. The van der Waals surface area contributed by atoms with Gasteiger partial charge in [-0.05, 0) is 72.3 Å². The van der Waals surface area contributed by atoms with Crippen LogP contribution in [0.3, 0.4) is 0 Å². The van der Waals surface area contributed by atoms with Crippen LogP contribution in [-0.2, 0) is 11.3 Å². The number of aromatic nitrogens is 1. The van der Waals surface area contributed by atoms with Crippen LogP contribution in [0.4, 0.5) is 5.69 Å². The Hall–Kier alpha value is -4.43. The molecule has 0 bridgehead atoms. The van der Waals surface area contributed by atoms with Crippen LogP contribution in [0.25, 0.3) is 17.4 Å². The van der Waals surface area contributed by atoms with E-state index in [0.717, 1.165) is 22.4 Å². The van der Waals surface area contributed by atoms with E-state index < -0.39 is 5.97 Å². The highest BCUT2D eigenvalue weighted by atomic mass is 32.2. The maximum Gasteiger partial charge on any atom is 0.335 e. The highest BCUT2D eigenvalue weighted by Crippen LogP contribution is 2.36. The van der Waals surface area contributed by atoms with E-state index in [0.29, 0.717) is 28.1 Å². The van der Waals surface area contributed by atoms with E-state index in [1.807, 2.05) is 55.5 Å². The van der Waals surface area contributed by atoms with Gasteiger partial charge in [0.15, 0.2) is 5.17 Å². The molecule has 0 radical (unpaired) electrons. The average Bonchev–Trinajstić information content (AvgIpc) is 3.45. The Labute approximate surface area is 211 Å². The Balaban J connectivity index is 1.45. The third-order valence-electron chi connectivity index (χ3n) is 5.57. The van der Waals surface area contributed by atoms with Crippen molar-refractivity contribution in [2.75, 3.05) is 0 Å². The van der Waals surface area contributed by atoms with Gasteiger partial charge in [-0.3, -0.25) is 14.7 Å². The molecule has 7 nitrogen and oxygen atoms in total. The number of rotatable bonds is 6. The number of carbonyl (C=O) groups excluding carboxylic acids is 1. The lowest BCUT2D eigenvalue weighted by Gasteiger charge is -2.15. The SMILES string of the molecule is Cc1cc(C(=O)O)ccc1-c1ccc(/C=C2\SC(=Nc3ccccc3)N(Cc3cccnc3)C2=O)o1. The summed E-state index contributed by atoms with van der Waals surface area (Å²) in [5.41, 5.74) is 3.45. The van der Waals surface area contributed by atoms with Crippen molar-refractivity contribution in [3.63, 3.8) is 0 Å². The van der Waals surface area contributed by atoms with E-state index >= 15 is 0 Å². The van der Waals surface area contributed by atoms with Gasteiger partial charge in [-0.25, -0.2) is 9.79 Å². The maximum absolute atomic E-state index is 13.4. The van der Waals surface area contributed by atoms with Crippen LogP contribution in [0, 0.1) is 6.92 Å². The van der Waals surface area contributed by atoms with Crippen LogP contribution in [0.2, 0.25) is 0 Å². The monoisotopic (exact) mass is 495 g/mol. The van der Waals surface area contributed by atoms with Crippen LogP contribution >= 0.6 is 11.8 Å². The van der Waals surface area contributed by atoms with E-state index in [-0.39, 0.29) is 11.5 Å². The summed E-state index contributed by atoms with van der Waals surface area (Å²) in [6.07, 6.45) is 5.14.